The Morgan fingerprint density at radius 3 is 1.26 bits per heavy atom. The zero-order valence-corrected chi connectivity index (χ0v) is 17.3. The largest absolute Gasteiger partial charge is 0.393 e. The lowest BCUT2D eigenvalue weighted by Gasteiger charge is -2.39. The first-order chi connectivity index (χ1) is 12.8. The van der Waals surface area contributed by atoms with Crippen LogP contribution in [0.25, 0.3) is 0 Å². The molecule has 6 heteroatoms. The maximum absolute atomic E-state index is 12.8. The fourth-order valence-corrected chi connectivity index (χ4v) is 3.20. The van der Waals surface area contributed by atoms with E-state index in [1.165, 1.54) is 0 Å². The molecule has 6 nitrogen and oxygen atoms in total. The molecule has 0 spiro atoms. The third-order valence-corrected chi connectivity index (χ3v) is 5.12. The van der Waals surface area contributed by atoms with Gasteiger partial charge >= 0.3 is 0 Å². The molecule has 0 bridgehead atoms. The SMILES string of the molecule is CCCCCC(=O)C(O)(CO)C(O)(C(=O)CCCCC)C(=O)CCCCC. The molecule has 3 N–H and O–H groups in total. The first-order valence-electron chi connectivity index (χ1n) is 10.4. The van der Waals surface area contributed by atoms with Crippen molar-refractivity contribution < 1.29 is 29.7 Å². The van der Waals surface area contributed by atoms with E-state index in [1.807, 2.05) is 20.8 Å². The molecule has 0 aliphatic rings. The molecule has 0 saturated heterocycles. The van der Waals surface area contributed by atoms with E-state index in [2.05, 4.69) is 0 Å². The van der Waals surface area contributed by atoms with Gasteiger partial charge in [0.25, 0.3) is 0 Å². The third kappa shape index (κ3) is 6.77. The standard InChI is InChI=1S/C21H38O6/c1-4-7-10-13-17(23)20(26,16-22)21(27,18(24)14-11-8-5-2)19(25)15-12-9-6-3/h22,26-27H,4-16H2,1-3H3. The quantitative estimate of drug-likeness (QED) is 0.262. The smallest absolute Gasteiger partial charge is 0.219 e. The van der Waals surface area contributed by atoms with Crippen molar-refractivity contribution in [3.05, 3.63) is 0 Å². The van der Waals surface area contributed by atoms with Crippen molar-refractivity contribution in [1.82, 2.24) is 0 Å². The number of ketones is 3. The van der Waals surface area contributed by atoms with Gasteiger partial charge in [-0.25, -0.2) is 0 Å². The van der Waals surface area contributed by atoms with Crippen molar-refractivity contribution in [2.45, 2.75) is 109 Å². The molecular weight excluding hydrogens is 348 g/mol. The topological polar surface area (TPSA) is 112 Å². The van der Waals surface area contributed by atoms with Gasteiger partial charge in [-0.05, 0) is 19.3 Å². The summed E-state index contributed by atoms with van der Waals surface area (Å²) >= 11 is 0. The van der Waals surface area contributed by atoms with Gasteiger partial charge in [-0.15, -0.1) is 0 Å². The molecular formula is C21H38O6. The van der Waals surface area contributed by atoms with Gasteiger partial charge in [0.1, 0.15) is 0 Å². The van der Waals surface area contributed by atoms with Crippen molar-refractivity contribution >= 4 is 17.3 Å². The molecule has 0 saturated carbocycles. The average Bonchev–Trinajstić information content (AvgIpc) is 2.66. The fraction of sp³-hybridized carbons (Fsp3) is 0.857. The Morgan fingerprint density at radius 1 is 0.630 bits per heavy atom. The van der Waals surface area contributed by atoms with Gasteiger partial charge < -0.3 is 15.3 Å². The first-order valence-corrected chi connectivity index (χ1v) is 10.4. The first kappa shape index (κ1) is 25.9. The van der Waals surface area contributed by atoms with Crippen LogP contribution in [0.4, 0.5) is 0 Å². The normalized spacial score (nSPS) is 14.0. The Morgan fingerprint density at radius 2 is 0.963 bits per heavy atom. The summed E-state index contributed by atoms with van der Waals surface area (Å²) in [6.07, 6.45) is 5.76. The number of aliphatic hydroxyl groups is 3. The number of carbonyl (C=O) groups excluding carboxylic acids is 3. The maximum Gasteiger partial charge on any atom is 0.219 e. The number of hydrogen-bond acceptors (Lipinski definition) is 6. The summed E-state index contributed by atoms with van der Waals surface area (Å²) in [7, 11) is 0. The lowest BCUT2D eigenvalue weighted by Crippen LogP contribution is -2.69. The highest BCUT2D eigenvalue weighted by molar-refractivity contribution is 6.16. The van der Waals surface area contributed by atoms with Crippen LogP contribution < -0.4 is 0 Å². The second-order valence-corrected chi connectivity index (χ2v) is 7.37. The molecule has 0 aromatic carbocycles. The van der Waals surface area contributed by atoms with Gasteiger partial charge in [0.15, 0.2) is 23.0 Å². The average molecular weight is 387 g/mol. The van der Waals surface area contributed by atoms with Crippen molar-refractivity contribution in [2.75, 3.05) is 6.61 Å². The van der Waals surface area contributed by atoms with Crippen molar-refractivity contribution in [1.29, 1.82) is 0 Å². The molecule has 0 radical (unpaired) electrons. The van der Waals surface area contributed by atoms with Crippen LogP contribution in [0.5, 0.6) is 0 Å². The van der Waals surface area contributed by atoms with Gasteiger partial charge in [0.2, 0.25) is 5.60 Å². The molecule has 158 valence electrons. The van der Waals surface area contributed by atoms with Crippen LogP contribution in [-0.4, -0.2) is 50.5 Å². The number of aliphatic hydroxyl groups excluding tert-OH is 1. The summed E-state index contributed by atoms with van der Waals surface area (Å²) in [5.74, 6) is -2.61. The van der Waals surface area contributed by atoms with E-state index in [4.69, 9.17) is 0 Å². The lowest BCUT2D eigenvalue weighted by atomic mass is 9.71. The van der Waals surface area contributed by atoms with Crippen molar-refractivity contribution in [3.8, 4) is 0 Å². The summed E-state index contributed by atoms with van der Waals surface area (Å²) in [5.41, 5.74) is -5.67. The van der Waals surface area contributed by atoms with Crippen LogP contribution >= 0.6 is 0 Å². The van der Waals surface area contributed by atoms with Crippen LogP contribution in [0.1, 0.15) is 97.8 Å². The van der Waals surface area contributed by atoms with Crippen LogP contribution in [0, 0.1) is 0 Å². The molecule has 1 unspecified atom stereocenters. The van der Waals surface area contributed by atoms with Gasteiger partial charge in [0, 0.05) is 19.3 Å². The molecule has 0 amide bonds. The van der Waals surface area contributed by atoms with Gasteiger partial charge in [0.05, 0.1) is 6.61 Å². The molecule has 0 aromatic heterocycles. The summed E-state index contributed by atoms with van der Waals surface area (Å²) in [4.78, 5) is 38.1. The Labute approximate surface area is 163 Å². The van der Waals surface area contributed by atoms with Crippen LogP contribution in [0.15, 0.2) is 0 Å². The van der Waals surface area contributed by atoms with Crippen molar-refractivity contribution in [3.63, 3.8) is 0 Å². The second kappa shape index (κ2) is 13.1. The Bertz CT molecular complexity index is 451. The molecule has 27 heavy (non-hydrogen) atoms. The summed E-state index contributed by atoms with van der Waals surface area (Å²) in [6, 6.07) is 0. The highest BCUT2D eigenvalue weighted by atomic mass is 16.4. The van der Waals surface area contributed by atoms with Gasteiger partial charge in [-0.2, -0.15) is 0 Å². The van der Waals surface area contributed by atoms with Gasteiger partial charge in [-0.1, -0.05) is 59.3 Å². The van der Waals surface area contributed by atoms with Crippen molar-refractivity contribution in [2.24, 2.45) is 0 Å². The van der Waals surface area contributed by atoms with E-state index in [-0.39, 0.29) is 19.3 Å². The van der Waals surface area contributed by atoms with E-state index in [1.54, 1.807) is 0 Å². The maximum atomic E-state index is 12.8. The van der Waals surface area contributed by atoms with E-state index in [0.29, 0.717) is 19.3 Å². The van der Waals surface area contributed by atoms with E-state index < -0.39 is 35.2 Å². The minimum absolute atomic E-state index is 0.0995. The Balaban J connectivity index is 5.69. The van der Waals surface area contributed by atoms with Crippen LogP contribution in [0.3, 0.4) is 0 Å². The molecule has 0 heterocycles. The van der Waals surface area contributed by atoms with E-state index in [0.717, 1.165) is 38.5 Å². The summed E-state index contributed by atoms with van der Waals surface area (Å²) in [5, 5.41) is 31.7. The molecule has 0 aliphatic carbocycles. The molecule has 1 atom stereocenters. The molecule has 0 aromatic rings. The highest BCUT2D eigenvalue weighted by Gasteiger charge is 2.62. The molecule has 0 aliphatic heterocycles. The molecule has 0 rings (SSSR count). The van der Waals surface area contributed by atoms with Crippen LogP contribution in [-0.2, 0) is 14.4 Å². The minimum atomic E-state index is -2.88. The number of rotatable bonds is 17. The molecule has 0 fully saturated rings. The third-order valence-electron chi connectivity index (χ3n) is 5.12. The Hall–Kier alpha value is -1.11. The summed E-state index contributed by atoms with van der Waals surface area (Å²) < 4.78 is 0. The number of hydrogen-bond donors (Lipinski definition) is 3. The highest BCUT2D eigenvalue weighted by Crippen LogP contribution is 2.31. The Kier molecular flexibility index (Phi) is 12.6. The summed E-state index contributed by atoms with van der Waals surface area (Å²) in [6.45, 7) is 4.70. The number of Topliss-reactive ketones (excluding diaryl/α,β-unsaturated/α-hetero) is 3. The zero-order valence-electron chi connectivity index (χ0n) is 17.3. The van der Waals surface area contributed by atoms with E-state index in [9.17, 15) is 29.7 Å². The predicted octanol–water partition coefficient (Wildman–Crippen LogP) is 2.89. The van der Waals surface area contributed by atoms with Crippen LogP contribution in [0.2, 0.25) is 0 Å². The monoisotopic (exact) mass is 386 g/mol. The van der Waals surface area contributed by atoms with E-state index >= 15 is 0 Å². The predicted molar refractivity (Wildman–Crippen MR) is 104 cm³/mol. The fourth-order valence-electron chi connectivity index (χ4n) is 3.20. The number of carbonyl (C=O) groups is 3. The van der Waals surface area contributed by atoms with Gasteiger partial charge in [-0.3, -0.25) is 14.4 Å². The number of unbranched alkanes of at least 4 members (excludes halogenated alkanes) is 6. The minimum Gasteiger partial charge on any atom is -0.393 e. The lowest BCUT2D eigenvalue weighted by molar-refractivity contribution is -0.194. The second-order valence-electron chi connectivity index (χ2n) is 7.37. The zero-order chi connectivity index (χ0) is 20.9.